The Balaban J connectivity index is 3.35. The summed E-state index contributed by atoms with van der Waals surface area (Å²) in [6.07, 6.45) is 0.597. The van der Waals surface area contributed by atoms with Gasteiger partial charge in [0.15, 0.2) is 0 Å². The highest BCUT2D eigenvalue weighted by molar-refractivity contribution is 5.91. The van der Waals surface area contributed by atoms with E-state index in [-0.39, 0.29) is 11.3 Å². The Morgan fingerprint density at radius 3 is 2.73 bits per heavy atom. The fourth-order valence-corrected chi connectivity index (χ4v) is 1.32. The molecule has 0 atom stereocenters. The number of aryl methyl sites for hydroxylation is 1. The van der Waals surface area contributed by atoms with Crippen LogP contribution in [0.5, 0.6) is 5.75 Å². The molecule has 1 N–H and O–H groups in total. The molecule has 4 heteroatoms. The van der Waals surface area contributed by atoms with Gasteiger partial charge in [-0.3, -0.25) is 0 Å². The quantitative estimate of drug-likeness (QED) is 0.744. The van der Waals surface area contributed by atoms with Gasteiger partial charge in [0.2, 0.25) is 0 Å². The van der Waals surface area contributed by atoms with Crippen molar-refractivity contribution in [3.05, 3.63) is 28.8 Å². The molecule has 78 valence electrons. The van der Waals surface area contributed by atoms with E-state index in [9.17, 15) is 9.90 Å². The zero-order valence-electron chi connectivity index (χ0n) is 8.57. The number of rotatable bonds is 2. The summed E-state index contributed by atoms with van der Waals surface area (Å²) in [4.78, 5) is 11.3. The van der Waals surface area contributed by atoms with Crippen LogP contribution in [0.2, 0.25) is 0 Å². The minimum atomic E-state index is -0.508. The summed E-state index contributed by atoms with van der Waals surface area (Å²) in [5.41, 5.74) is 1.16. The molecule has 4 nitrogen and oxygen atoms in total. The first-order valence-electron chi connectivity index (χ1n) is 4.48. The van der Waals surface area contributed by atoms with Crippen molar-refractivity contribution in [2.24, 2.45) is 0 Å². The van der Waals surface area contributed by atoms with E-state index in [0.717, 1.165) is 0 Å². The summed E-state index contributed by atoms with van der Waals surface area (Å²) in [5, 5.41) is 18.1. The van der Waals surface area contributed by atoms with Crippen molar-refractivity contribution in [2.45, 2.75) is 13.3 Å². The number of ether oxygens (including phenoxy) is 1. The second-order valence-corrected chi connectivity index (χ2v) is 2.98. The molecular formula is C11H11NO3. The lowest BCUT2D eigenvalue weighted by molar-refractivity contribution is 0.0599. The van der Waals surface area contributed by atoms with Gasteiger partial charge in [0.05, 0.1) is 18.2 Å². The van der Waals surface area contributed by atoms with Crippen LogP contribution in [0, 0.1) is 11.3 Å². The fourth-order valence-electron chi connectivity index (χ4n) is 1.32. The summed E-state index contributed by atoms with van der Waals surface area (Å²) in [6.45, 7) is 1.86. The number of hydrogen-bond donors (Lipinski definition) is 1. The first-order chi connectivity index (χ1) is 7.13. The second-order valence-electron chi connectivity index (χ2n) is 2.98. The molecule has 0 fully saturated rings. The number of nitriles is 1. The topological polar surface area (TPSA) is 70.3 Å². The molecule has 0 bridgehead atoms. The number of esters is 1. The van der Waals surface area contributed by atoms with E-state index >= 15 is 0 Å². The Bertz CT molecular complexity index is 432. The number of benzene rings is 1. The van der Waals surface area contributed by atoms with Gasteiger partial charge in [0.1, 0.15) is 11.8 Å². The number of phenols is 1. The number of nitrogens with zero attached hydrogens (tertiary/aromatic N) is 1. The Morgan fingerprint density at radius 1 is 1.60 bits per heavy atom. The molecule has 0 saturated heterocycles. The number of aromatic hydroxyl groups is 1. The first kappa shape index (κ1) is 11.1. The van der Waals surface area contributed by atoms with Gasteiger partial charge in [0.25, 0.3) is 0 Å². The van der Waals surface area contributed by atoms with Crippen LogP contribution < -0.4 is 0 Å². The van der Waals surface area contributed by atoms with Gasteiger partial charge in [-0.15, -0.1) is 0 Å². The number of carbonyl (C=O) groups is 1. The maximum absolute atomic E-state index is 11.3. The number of methoxy groups -OCH3 is 1. The van der Waals surface area contributed by atoms with E-state index in [1.165, 1.54) is 19.2 Å². The molecule has 15 heavy (non-hydrogen) atoms. The Hall–Kier alpha value is -2.02. The molecular weight excluding hydrogens is 194 g/mol. The Morgan fingerprint density at radius 2 is 2.27 bits per heavy atom. The molecule has 0 unspecified atom stereocenters. The predicted molar refractivity (Wildman–Crippen MR) is 53.5 cm³/mol. The zero-order chi connectivity index (χ0) is 11.4. The van der Waals surface area contributed by atoms with Crippen molar-refractivity contribution in [3.8, 4) is 11.8 Å². The summed E-state index contributed by atoms with van der Waals surface area (Å²) in [6, 6.07) is 4.62. The maximum Gasteiger partial charge on any atom is 0.338 e. The number of carbonyl (C=O) groups excluding carboxylic acids is 1. The van der Waals surface area contributed by atoms with Crippen LogP contribution in [0.15, 0.2) is 12.1 Å². The van der Waals surface area contributed by atoms with Gasteiger partial charge < -0.3 is 9.84 Å². The predicted octanol–water partition coefficient (Wildman–Crippen LogP) is 1.61. The fraction of sp³-hybridized carbons (Fsp3) is 0.273. The van der Waals surface area contributed by atoms with Gasteiger partial charge in [-0.2, -0.15) is 5.26 Å². The van der Waals surface area contributed by atoms with Crippen molar-refractivity contribution in [3.63, 3.8) is 0 Å². The molecule has 0 heterocycles. The molecule has 1 rings (SSSR count). The van der Waals surface area contributed by atoms with Gasteiger partial charge in [-0.25, -0.2) is 4.79 Å². The van der Waals surface area contributed by atoms with Crippen LogP contribution in [-0.4, -0.2) is 18.2 Å². The average Bonchev–Trinajstić information content (AvgIpc) is 2.27. The highest BCUT2D eigenvalue weighted by atomic mass is 16.5. The highest BCUT2D eigenvalue weighted by Gasteiger charge is 2.14. The minimum Gasteiger partial charge on any atom is -0.507 e. The SMILES string of the molecule is CCc1cc(C#N)c(O)cc1C(=O)OC. The van der Waals surface area contributed by atoms with E-state index in [4.69, 9.17) is 5.26 Å². The smallest absolute Gasteiger partial charge is 0.338 e. The molecule has 0 amide bonds. The van der Waals surface area contributed by atoms with Gasteiger partial charge >= 0.3 is 5.97 Å². The molecule has 1 aromatic rings. The van der Waals surface area contributed by atoms with Crippen molar-refractivity contribution >= 4 is 5.97 Å². The molecule has 0 aromatic heterocycles. The lowest BCUT2D eigenvalue weighted by Crippen LogP contribution is -2.05. The number of phenolic OH excluding ortho intramolecular Hbond substituents is 1. The Kier molecular flexibility index (Phi) is 3.29. The van der Waals surface area contributed by atoms with E-state index in [2.05, 4.69) is 4.74 Å². The molecule has 0 aliphatic heterocycles. The van der Waals surface area contributed by atoms with Crippen LogP contribution in [0.4, 0.5) is 0 Å². The molecule has 0 aliphatic rings. The van der Waals surface area contributed by atoms with Crippen molar-refractivity contribution in [2.75, 3.05) is 7.11 Å². The van der Waals surface area contributed by atoms with Crippen LogP contribution >= 0.6 is 0 Å². The van der Waals surface area contributed by atoms with E-state index in [1.807, 2.05) is 13.0 Å². The summed E-state index contributed by atoms with van der Waals surface area (Å²) >= 11 is 0. The average molecular weight is 205 g/mol. The van der Waals surface area contributed by atoms with Crippen molar-refractivity contribution in [1.82, 2.24) is 0 Å². The first-order valence-corrected chi connectivity index (χ1v) is 4.48. The standard InChI is InChI=1S/C11H11NO3/c1-3-7-4-8(6-12)10(13)5-9(7)11(14)15-2/h4-5,13H,3H2,1-2H3. The van der Waals surface area contributed by atoms with E-state index in [1.54, 1.807) is 0 Å². The van der Waals surface area contributed by atoms with Gasteiger partial charge in [0, 0.05) is 0 Å². The van der Waals surface area contributed by atoms with E-state index in [0.29, 0.717) is 17.5 Å². The summed E-state index contributed by atoms with van der Waals surface area (Å²) in [7, 11) is 1.27. The molecule has 0 spiro atoms. The van der Waals surface area contributed by atoms with Crippen LogP contribution in [0.3, 0.4) is 0 Å². The lowest BCUT2D eigenvalue weighted by Gasteiger charge is -2.07. The Labute approximate surface area is 87.7 Å². The van der Waals surface area contributed by atoms with E-state index < -0.39 is 5.97 Å². The van der Waals surface area contributed by atoms with Crippen LogP contribution in [-0.2, 0) is 11.2 Å². The molecule has 0 saturated carbocycles. The summed E-state index contributed by atoms with van der Waals surface area (Å²) < 4.78 is 4.57. The largest absolute Gasteiger partial charge is 0.507 e. The molecule has 1 aromatic carbocycles. The van der Waals surface area contributed by atoms with Crippen molar-refractivity contribution in [1.29, 1.82) is 5.26 Å². The second kappa shape index (κ2) is 4.47. The molecule has 0 aliphatic carbocycles. The minimum absolute atomic E-state index is 0.166. The van der Waals surface area contributed by atoms with Crippen molar-refractivity contribution < 1.29 is 14.6 Å². The lowest BCUT2D eigenvalue weighted by atomic mass is 10.0. The van der Waals surface area contributed by atoms with Crippen LogP contribution in [0.25, 0.3) is 0 Å². The number of hydrogen-bond acceptors (Lipinski definition) is 4. The third-order valence-corrected chi connectivity index (χ3v) is 2.13. The summed E-state index contributed by atoms with van der Waals surface area (Å²) in [5.74, 6) is -0.707. The molecule has 0 radical (unpaired) electrons. The van der Waals surface area contributed by atoms with Crippen LogP contribution in [0.1, 0.15) is 28.4 Å². The van der Waals surface area contributed by atoms with Gasteiger partial charge in [-0.05, 0) is 24.1 Å². The normalized spacial score (nSPS) is 9.40. The monoisotopic (exact) mass is 205 g/mol. The van der Waals surface area contributed by atoms with Gasteiger partial charge in [-0.1, -0.05) is 6.92 Å². The zero-order valence-corrected chi connectivity index (χ0v) is 8.57. The third-order valence-electron chi connectivity index (χ3n) is 2.13. The maximum atomic E-state index is 11.3. The highest BCUT2D eigenvalue weighted by Crippen LogP contribution is 2.23. The third kappa shape index (κ3) is 2.08.